The molecule has 2 heterocycles. The Bertz CT molecular complexity index is 2390. The van der Waals surface area contributed by atoms with E-state index >= 15 is 0 Å². The molecule has 0 saturated carbocycles. The van der Waals surface area contributed by atoms with Crippen molar-refractivity contribution in [3.63, 3.8) is 0 Å². The van der Waals surface area contributed by atoms with E-state index in [0.29, 0.717) is 17.1 Å². The van der Waals surface area contributed by atoms with E-state index in [1.807, 2.05) is 78.1 Å². The summed E-state index contributed by atoms with van der Waals surface area (Å²) in [5, 5.41) is 12.5. The Morgan fingerprint density at radius 3 is 1.87 bits per heavy atom. The van der Waals surface area contributed by atoms with Crippen LogP contribution >= 0.6 is 11.3 Å². The summed E-state index contributed by atoms with van der Waals surface area (Å²) < 4.78 is 2.58. The van der Waals surface area contributed by atoms with Gasteiger partial charge >= 0.3 is 0 Å². The molecular formula is C41H25N3S. The summed E-state index contributed by atoms with van der Waals surface area (Å²) in [7, 11) is 0. The largest absolute Gasteiger partial charge is 0.228 e. The van der Waals surface area contributed by atoms with Crippen molar-refractivity contribution in [2.75, 3.05) is 0 Å². The predicted octanol–water partition coefficient (Wildman–Crippen LogP) is 11.1. The Hall–Kier alpha value is -5.89. The van der Waals surface area contributed by atoms with Crippen LogP contribution in [-0.2, 0) is 0 Å². The first kappa shape index (κ1) is 26.7. The summed E-state index contributed by atoms with van der Waals surface area (Å²) in [6.45, 7) is 0. The van der Waals surface area contributed by atoms with Crippen LogP contribution in [0.4, 0.5) is 0 Å². The van der Waals surface area contributed by atoms with Gasteiger partial charge in [0, 0.05) is 36.9 Å². The lowest BCUT2D eigenvalue weighted by Crippen LogP contribution is -1.97. The molecule has 0 aliphatic carbocycles. The maximum atomic E-state index is 9.91. The van der Waals surface area contributed by atoms with Gasteiger partial charge in [-0.1, -0.05) is 103 Å². The second-order valence-electron chi connectivity index (χ2n) is 11.0. The SMILES string of the molecule is N#Cc1ccccc1-c1cc(-c2cc(-c3ccccc3)cc(-c3ccc4sc5ccccc5c4c3)c2)nc(-c2ccccc2)n1. The zero-order valence-electron chi connectivity index (χ0n) is 24.2. The number of nitriles is 1. The minimum atomic E-state index is 0.580. The second kappa shape index (κ2) is 11.3. The number of thiophene rings is 1. The Kier molecular flexibility index (Phi) is 6.72. The van der Waals surface area contributed by atoms with E-state index in [2.05, 4.69) is 91.0 Å². The number of fused-ring (bicyclic) bond motifs is 3. The van der Waals surface area contributed by atoms with Crippen LogP contribution in [0.2, 0.25) is 0 Å². The molecule has 210 valence electrons. The molecule has 0 spiro atoms. The van der Waals surface area contributed by atoms with Crippen LogP contribution in [-0.4, -0.2) is 9.97 Å². The highest BCUT2D eigenvalue weighted by atomic mass is 32.1. The molecule has 8 rings (SSSR count). The topological polar surface area (TPSA) is 49.6 Å². The van der Waals surface area contributed by atoms with Crippen LogP contribution < -0.4 is 0 Å². The lowest BCUT2D eigenvalue weighted by atomic mass is 9.93. The van der Waals surface area contributed by atoms with Gasteiger partial charge in [-0.3, -0.25) is 0 Å². The first-order valence-electron chi connectivity index (χ1n) is 14.8. The highest BCUT2D eigenvalue weighted by Gasteiger charge is 2.15. The van der Waals surface area contributed by atoms with Crippen molar-refractivity contribution in [1.29, 1.82) is 5.26 Å². The maximum absolute atomic E-state index is 9.91. The quantitative estimate of drug-likeness (QED) is 0.200. The average Bonchev–Trinajstić information content (AvgIpc) is 3.50. The van der Waals surface area contributed by atoms with Crippen molar-refractivity contribution in [2.24, 2.45) is 0 Å². The summed E-state index contributed by atoms with van der Waals surface area (Å²) in [5.74, 6) is 0.619. The number of aromatic nitrogens is 2. The summed E-state index contributed by atoms with van der Waals surface area (Å²) in [6.07, 6.45) is 0. The van der Waals surface area contributed by atoms with Crippen LogP contribution in [0.15, 0.2) is 152 Å². The fraction of sp³-hybridized carbons (Fsp3) is 0. The van der Waals surface area contributed by atoms with Crippen molar-refractivity contribution in [1.82, 2.24) is 9.97 Å². The van der Waals surface area contributed by atoms with Gasteiger partial charge in [0.05, 0.1) is 23.0 Å². The van der Waals surface area contributed by atoms with Crippen molar-refractivity contribution in [2.45, 2.75) is 0 Å². The van der Waals surface area contributed by atoms with Gasteiger partial charge < -0.3 is 0 Å². The fourth-order valence-corrected chi connectivity index (χ4v) is 6.98. The van der Waals surface area contributed by atoms with E-state index in [9.17, 15) is 5.26 Å². The molecule has 2 aromatic heterocycles. The fourth-order valence-electron chi connectivity index (χ4n) is 5.90. The first-order valence-corrected chi connectivity index (χ1v) is 15.6. The second-order valence-corrected chi connectivity index (χ2v) is 12.0. The van der Waals surface area contributed by atoms with Crippen molar-refractivity contribution in [3.05, 3.63) is 157 Å². The molecule has 0 radical (unpaired) electrons. The van der Waals surface area contributed by atoms with Crippen molar-refractivity contribution < 1.29 is 0 Å². The van der Waals surface area contributed by atoms with Gasteiger partial charge in [0.2, 0.25) is 0 Å². The third-order valence-corrected chi connectivity index (χ3v) is 9.28. The molecule has 0 aliphatic rings. The summed E-state index contributed by atoms with van der Waals surface area (Å²) in [6, 6.07) is 54.5. The van der Waals surface area contributed by atoms with Crippen LogP contribution in [0.3, 0.4) is 0 Å². The van der Waals surface area contributed by atoms with Gasteiger partial charge in [0.25, 0.3) is 0 Å². The van der Waals surface area contributed by atoms with E-state index in [-0.39, 0.29) is 0 Å². The number of rotatable bonds is 5. The Morgan fingerprint density at radius 2 is 1.07 bits per heavy atom. The molecule has 0 bridgehead atoms. The van der Waals surface area contributed by atoms with Gasteiger partial charge in [0.15, 0.2) is 5.82 Å². The van der Waals surface area contributed by atoms with Crippen molar-refractivity contribution in [3.8, 4) is 62.2 Å². The number of benzene rings is 6. The highest BCUT2D eigenvalue weighted by Crippen LogP contribution is 2.39. The summed E-state index contributed by atoms with van der Waals surface area (Å²) in [5.41, 5.74) is 9.29. The molecular weight excluding hydrogens is 567 g/mol. The number of nitrogens with zero attached hydrogens (tertiary/aromatic N) is 3. The van der Waals surface area contributed by atoms with Crippen LogP contribution in [0, 0.1) is 11.3 Å². The molecule has 0 atom stereocenters. The molecule has 0 fully saturated rings. The van der Waals surface area contributed by atoms with Gasteiger partial charge in [-0.05, 0) is 70.8 Å². The third kappa shape index (κ3) is 5.06. The van der Waals surface area contributed by atoms with Crippen LogP contribution in [0.5, 0.6) is 0 Å². The third-order valence-electron chi connectivity index (χ3n) is 8.13. The minimum Gasteiger partial charge on any atom is -0.228 e. The van der Waals surface area contributed by atoms with E-state index in [1.54, 1.807) is 0 Å². The van der Waals surface area contributed by atoms with E-state index < -0.39 is 0 Å². The number of hydrogen-bond acceptors (Lipinski definition) is 4. The monoisotopic (exact) mass is 591 g/mol. The molecule has 8 aromatic rings. The molecule has 0 saturated heterocycles. The molecule has 0 unspecified atom stereocenters. The maximum Gasteiger partial charge on any atom is 0.160 e. The van der Waals surface area contributed by atoms with Crippen molar-refractivity contribution >= 4 is 31.5 Å². The van der Waals surface area contributed by atoms with Gasteiger partial charge in [0.1, 0.15) is 0 Å². The summed E-state index contributed by atoms with van der Waals surface area (Å²) in [4.78, 5) is 10.1. The molecule has 4 heteroatoms. The Balaban J connectivity index is 1.37. The normalized spacial score (nSPS) is 11.1. The molecule has 3 nitrogen and oxygen atoms in total. The molecule has 0 aliphatic heterocycles. The minimum absolute atomic E-state index is 0.580. The standard InChI is InChI=1S/C41H25N3S/c42-26-30-15-7-8-16-34(30)38-25-37(43-41(44-38)28-13-5-2-6-14-28)33-22-31(27-11-3-1-4-12-27)21-32(23-33)29-19-20-40-36(24-29)35-17-9-10-18-39(35)45-40/h1-25H. The highest BCUT2D eigenvalue weighted by molar-refractivity contribution is 7.25. The van der Waals surface area contributed by atoms with E-state index in [4.69, 9.17) is 9.97 Å². The van der Waals surface area contributed by atoms with Crippen LogP contribution in [0.25, 0.3) is 76.3 Å². The van der Waals surface area contributed by atoms with Gasteiger partial charge in [-0.2, -0.15) is 5.26 Å². The van der Waals surface area contributed by atoms with Gasteiger partial charge in [-0.15, -0.1) is 11.3 Å². The molecule has 6 aromatic carbocycles. The number of hydrogen-bond donors (Lipinski definition) is 0. The molecule has 45 heavy (non-hydrogen) atoms. The lowest BCUT2D eigenvalue weighted by molar-refractivity contribution is 1.18. The Morgan fingerprint density at radius 1 is 0.444 bits per heavy atom. The van der Waals surface area contributed by atoms with E-state index in [1.165, 1.54) is 20.2 Å². The predicted molar refractivity (Wildman–Crippen MR) is 187 cm³/mol. The zero-order chi connectivity index (χ0) is 30.2. The Labute approximate surface area is 265 Å². The lowest BCUT2D eigenvalue weighted by Gasteiger charge is -2.14. The average molecular weight is 592 g/mol. The first-order chi connectivity index (χ1) is 22.2. The van der Waals surface area contributed by atoms with E-state index in [0.717, 1.165) is 44.6 Å². The van der Waals surface area contributed by atoms with Crippen LogP contribution in [0.1, 0.15) is 5.56 Å². The summed E-state index contributed by atoms with van der Waals surface area (Å²) >= 11 is 1.83. The zero-order valence-corrected chi connectivity index (χ0v) is 25.0. The molecule has 0 N–H and O–H groups in total. The molecule has 0 amide bonds. The smallest absolute Gasteiger partial charge is 0.160 e. The van der Waals surface area contributed by atoms with Gasteiger partial charge in [-0.25, -0.2) is 9.97 Å².